The SMILES string of the molecule is O=C(NNc1nc(-c2ccc(-c3ccccc3)cc2)cs1)c1ccc2c(c1)OCO2. The highest BCUT2D eigenvalue weighted by Gasteiger charge is 2.16. The molecule has 2 heterocycles. The van der Waals surface area contributed by atoms with E-state index in [1.807, 2.05) is 35.7 Å². The summed E-state index contributed by atoms with van der Waals surface area (Å²) in [6, 6.07) is 23.6. The van der Waals surface area contributed by atoms with Gasteiger partial charge in [0.1, 0.15) is 0 Å². The second kappa shape index (κ2) is 7.88. The molecule has 0 saturated carbocycles. The van der Waals surface area contributed by atoms with E-state index in [1.54, 1.807) is 18.2 Å². The Hall–Kier alpha value is -3.84. The number of fused-ring (bicyclic) bond motifs is 1. The Morgan fingerprint density at radius 2 is 1.60 bits per heavy atom. The quantitative estimate of drug-likeness (QED) is 0.451. The van der Waals surface area contributed by atoms with Crippen molar-refractivity contribution in [2.75, 3.05) is 12.2 Å². The lowest BCUT2D eigenvalue weighted by Gasteiger charge is -2.06. The van der Waals surface area contributed by atoms with Crippen LogP contribution in [0.5, 0.6) is 11.5 Å². The number of hydrogen-bond acceptors (Lipinski definition) is 6. The van der Waals surface area contributed by atoms with Crippen LogP contribution in [0.15, 0.2) is 78.2 Å². The minimum absolute atomic E-state index is 0.173. The summed E-state index contributed by atoms with van der Waals surface area (Å²) in [4.78, 5) is 16.9. The first-order chi connectivity index (χ1) is 14.8. The molecular weight excluding hydrogens is 398 g/mol. The number of aromatic nitrogens is 1. The molecule has 1 amide bonds. The van der Waals surface area contributed by atoms with E-state index in [0.29, 0.717) is 22.2 Å². The zero-order valence-corrected chi connectivity index (χ0v) is 16.6. The molecule has 0 atom stereocenters. The second-order valence-corrected chi connectivity index (χ2v) is 7.49. The molecule has 0 aliphatic carbocycles. The maximum atomic E-state index is 12.4. The Labute approximate surface area is 177 Å². The van der Waals surface area contributed by atoms with Crippen LogP contribution in [0.2, 0.25) is 0 Å². The van der Waals surface area contributed by atoms with Crippen molar-refractivity contribution >= 4 is 22.4 Å². The molecule has 2 N–H and O–H groups in total. The maximum absolute atomic E-state index is 12.4. The fraction of sp³-hybridized carbons (Fsp3) is 0.0435. The van der Waals surface area contributed by atoms with Crippen molar-refractivity contribution < 1.29 is 14.3 Å². The van der Waals surface area contributed by atoms with E-state index in [9.17, 15) is 4.79 Å². The third-order valence-electron chi connectivity index (χ3n) is 4.71. The number of nitrogens with zero attached hydrogens (tertiary/aromatic N) is 1. The molecule has 0 saturated heterocycles. The highest BCUT2D eigenvalue weighted by atomic mass is 32.1. The molecule has 6 nitrogen and oxygen atoms in total. The number of anilines is 1. The Morgan fingerprint density at radius 1 is 0.867 bits per heavy atom. The van der Waals surface area contributed by atoms with Gasteiger partial charge in [0.05, 0.1) is 5.69 Å². The minimum atomic E-state index is -0.280. The van der Waals surface area contributed by atoms with Crippen LogP contribution in [0.3, 0.4) is 0 Å². The Kier molecular flexibility index (Phi) is 4.78. The summed E-state index contributed by atoms with van der Waals surface area (Å²) in [7, 11) is 0. The molecule has 4 aromatic rings. The van der Waals surface area contributed by atoms with Gasteiger partial charge >= 0.3 is 0 Å². The Morgan fingerprint density at radius 3 is 2.43 bits per heavy atom. The number of thiazole rings is 1. The zero-order chi connectivity index (χ0) is 20.3. The van der Waals surface area contributed by atoms with Crippen LogP contribution in [0.25, 0.3) is 22.4 Å². The third-order valence-corrected chi connectivity index (χ3v) is 5.47. The number of carbonyl (C=O) groups excluding carboxylic acids is 1. The summed E-state index contributed by atoms with van der Waals surface area (Å²) < 4.78 is 10.6. The van der Waals surface area contributed by atoms with Gasteiger partial charge in [-0.15, -0.1) is 11.3 Å². The molecule has 1 aromatic heterocycles. The highest BCUT2D eigenvalue weighted by Crippen LogP contribution is 2.32. The summed E-state index contributed by atoms with van der Waals surface area (Å²) in [5.74, 6) is 0.928. The van der Waals surface area contributed by atoms with Gasteiger partial charge in [-0.2, -0.15) is 0 Å². The molecule has 0 spiro atoms. The van der Waals surface area contributed by atoms with Crippen LogP contribution < -0.4 is 20.3 Å². The number of rotatable bonds is 5. The molecule has 5 rings (SSSR count). The topological polar surface area (TPSA) is 72.5 Å². The first kappa shape index (κ1) is 18.2. The maximum Gasteiger partial charge on any atom is 0.269 e. The first-order valence-corrected chi connectivity index (χ1v) is 10.2. The first-order valence-electron chi connectivity index (χ1n) is 9.34. The van der Waals surface area contributed by atoms with Crippen molar-refractivity contribution in [3.05, 3.63) is 83.7 Å². The predicted molar refractivity (Wildman–Crippen MR) is 117 cm³/mol. The van der Waals surface area contributed by atoms with Gasteiger partial charge in [-0.25, -0.2) is 4.98 Å². The number of carbonyl (C=O) groups is 1. The van der Waals surface area contributed by atoms with Crippen molar-refractivity contribution in [3.63, 3.8) is 0 Å². The van der Waals surface area contributed by atoms with Gasteiger partial charge in [-0.3, -0.25) is 15.6 Å². The van der Waals surface area contributed by atoms with Gasteiger partial charge < -0.3 is 9.47 Å². The van der Waals surface area contributed by atoms with Crippen LogP contribution in [-0.2, 0) is 0 Å². The van der Waals surface area contributed by atoms with Crippen LogP contribution in [0.4, 0.5) is 5.13 Å². The van der Waals surface area contributed by atoms with E-state index in [4.69, 9.17) is 9.47 Å². The van der Waals surface area contributed by atoms with Gasteiger partial charge in [0.2, 0.25) is 11.9 Å². The third kappa shape index (κ3) is 3.70. The molecule has 0 radical (unpaired) electrons. The van der Waals surface area contributed by atoms with Crippen LogP contribution in [0.1, 0.15) is 10.4 Å². The molecule has 30 heavy (non-hydrogen) atoms. The molecule has 0 bridgehead atoms. The molecular formula is C23H17N3O3S. The molecule has 7 heteroatoms. The monoisotopic (exact) mass is 415 g/mol. The van der Waals surface area contributed by atoms with E-state index in [-0.39, 0.29) is 12.7 Å². The molecule has 1 aliphatic rings. The van der Waals surface area contributed by atoms with Crippen LogP contribution >= 0.6 is 11.3 Å². The van der Waals surface area contributed by atoms with E-state index in [0.717, 1.165) is 16.8 Å². The summed E-state index contributed by atoms with van der Waals surface area (Å²) in [5.41, 5.74) is 10.2. The normalized spacial score (nSPS) is 11.9. The lowest BCUT2D eigenvalue weighted by molar-refractivity contribution is 0.0962. The van der Waals surface area contributed by atoms with E-state index >= 15 is 0 Å². The smallest absolute Gasteiger partial charge is 0.269 e. The number of ether oxygens (including phenoxy) is 2. The summed E-state index contributed by atoms with van der Waals surface area (Å²) >= 11 is 1.42. The fourth-order valence-electron chi connectivity index (χ4n) is 3.15. The molecule has 0 unspecified atom stereocenters. The predicted octanol–water partition coefficient (Wildman–Crippen LogP) is 4.96. The Bertz CT molecular complexity index is 1190. The molecule has 148 valence electrons. The van der Waals surface area contributed by atoms with Gasteiger partial charge in [0, 0.05) is 16.5 Å². The average molecular weight is 415 g/mol. The van der Waals surface area contributed by atoms with E-state index < -0.39 is 0 Å². The number of nitrogens with one attached hydrogen (secondary N) is 2. The van der Waals surface area contributed by atoms with Gasteiger partial charge in [-0.1, -0.05) is 54.6 Å². The fourth-order valence-corrected chi connectivity index (χ4v) is 3.82. The lowest BCUT2D eigenvalue weighted by atomic mass is 10.0. The van der Waals surface area contributed by atoms with Gasteiger partial charge in [0.15, 0.2) is 11.5 Å². The summed E-state index contributed by atoms with van der Waals surface area (Å²) in [6.45, 7) is 0.173. The van der Waals surface area contributed by atoms with Crippen molar-refractivity contribution in [2.45, 2.75) is 0 Å². The number of amides is 1. The number of hydrogen-bond donors (Lipinski definition) is 2. The average Bonchev–Trinajstić information content (AvgIpc) is 3.47. The largest absolute Gasteiger partial charge is 0.454 e. The molecule has 3 aromatic carbocycles. The lowest BCUT2D eigenvalue weighted by Crippen LogP contribution is -2.29. The van der Waals surface area contributed by atoms with Crippen LogP contribution in [-0.4, -0.2) is 17.7 Å². The second-order valence-electron chi connectivity index (χ2n) is 6.63. The van der Waals surface area contributed by atoms with Crippen LogP contribution in [0, 0.1) is 0 Å². The highest BCUT2D eigenvalue weighted by molar-refractivity contribution is 7.14. The molecule has 1 aliphatic heterocycles. The zero-order valence-electron chi connectivity index (χ0n) is 15.8. The summed E-state index contributed by atoms with van der Waals surface area (Å²) in [5, 5.41) is 2.55. The van der Waals surface area contributed by atoms with Crippen molar-refractivity contribution in [1.29, 1.82) is 0 Å². The minimum Gasteiger partial charge on any atom is -0.454 e. The van der Waals surface area contributed by atoms with Gasteiger partial charge in [0.25, 0.3) is 5.91 Å². The van der Waals surface area contributed by atoms with Gasteiger partial charge in [-0.05, 0) is 29.3 Å². The number of benzene rings is 3. The van der Waals surface area contributed by atoms with E-state index in [2.05, 4.69) is 40.1 Å². The van der Waals surface area contributed by atoms with E-state index in [1.165, 1.54) is 16.9 Å². The number of hydrazine groups is 1. The van der Waals surface area contributed by atoms with Crippen molar-refractivity contribution in [3.8, 4) is 33.9 Å². The standard InChI is InChI=1S/C23H17N3O3S/c27-22(18-10-11-20-21(12-18)29-14-28-20)25-26-23-24-19(13-30-23)17-8-6-16(7-9-17)15-4-2-1-3-5-15/h1-13H,14H2,(H,24,26)(H,25,27). The van der Waals surface area contributed by atoms with Crippen molar-refractivity contribution in [2.24, 2.45) is 0 Å². The Balaban J connectivity index is 1.24. The van der Waals surface area contributed by atoms with Crippen molar-refractivity contribution in [1.82, 2.24) is 10.4 Å². The summed E-state index contributed by atoms with van der Waals surface area (Å²) in [6.07, 6.45) is 0. The molecule has 0 fully saturated rings.